The molecule has 29 heavy (non-hydrogen) atoms. The molecule has 156 valence electrons. The molecule has 2 N–H and O–H groups in total. The van der Waals surface area contributed by atoms with Crippen LogP contribution in [-0.4, -0.2) is 35.5 Å². The Morgan fingerprint density at radius 1 is 0.931 bits per heavy atom. The van der Waals surface area contributed by atoms with E-state index in [1.54, 1.807) is 31.2 Å². The maximum Gasteiger partial charge on any atom is 0.338 e. The average molecular weight is 439 g/mol. The molecule has 2 aromatic rings. The van der Waals surface area contributed by atoms with Crippen LogP contribution in [0.1, 0.15) is 35.7 Å². The molecular weight excluding hydrogens is 416 g/mol. The van der Waals surface area contributed by atoms with Gasteiger partial charge in [0.25, 0.3) is 0 Å². The number of esters is 1. The summed E-state index contributed by atoms with van der Waals surface area (Å²) in [5.74, 6) is -0.439. The van der Waals surface area contributed by atoms with Crippen LogP contribution in [0.25, 0.3) is 0 Å². The quantitative estimate of drug-likeness (QED) is 0.576. The summed E-state index contributed by atoms with van der Waals surface area (Å²) in [6.07, 6.45) is 1.63. The van der Waals surface area contributed by atoms with E-state index < -0.39 is 26.0 Å². The van der Waals surface area contributed by atoms with Gasteiger partial charge in [-0.25, -0.2) is 31.1 Å². The predicted octanol–water partition coefficient (Wildman–Crippen LogP) is 1.78. The van der Waals surface area contributed by atoms with Crippen LogP contribution in [0.2, 0.25) is 0 Å². The van der Waals surface area contributed by atoms with Gasteiger partial charge in [-0.3, -0.25) is 0 Å². The molecule has 1 fully saturated rings. The Kier molecular flexibility index (Phi) is 6.37. The second-order valence-electron chi connectivity index (χ2n) is 6.61. The second-order valence-corrected chi connectivity index (χ2v) is 10.1. The summed E-state index contributed by atoms with van der Waals surface area (Å²) in [6, 6.07) is 11.4. The number of sulfonamides is 2. The minimum atomic E-state index is -3.82. The number of rotatable bonds is 9. The first-order valence-corrected chi connectivity index (χ1v) is 12.1. The fourth-order valence-electron chi connectivity index (χ4n) is 2.52. The van der Waals surface area contributed by atoms with Crippen molar-refractivity contribution in [3.05, 3.63) is 59.7 Å². The van der Waals surface area contributed by atoms with Gasteiger partial charge in [0.15, 0.2) is 0 Å². The van der Waals surface area contributed by atoms with Crippen LogP contribution >= 0.6 is 0 Å². The maximum absolute atomic E-state index is 12.5. The third-order valence-corrected chi connectivity index (χ3v) is 7.23. The zero-order valence-electron chi connectivity index (χ0n) is 15.8. The van der Waals surface area contributed by atoms with Crippen LogP contribution in [0, 0.1) is 0 Å². The number of hydrogen-bond donors (Lipinski definition) is 2. The minimum absolute atomic E-state index is 0.0225. The van der Waals surface area contributed by atoms with E-state index in [4.69, 9.17) is 4.74 Å². The van der Waals surface area contributed by atoms with Crippen LogP contribution < -0.4 is 9.44 Å². The van der Waals surface area contributed by atoms with E-state index in [1.807, 2.05) is 0 Å². The zero-order chi connectivity index (χ0) is 21.1. The van der Waals surface area contributed by atoms with E-state index in [2.05, 4.69) is 9.44 Å². The highest BCUT2D eigenvalue weighted by Gasteiger charge is 2.28. The number of benzene rings is 2. The molecule has 0 heterocycles. The highest BCUT2D eigenvalue weighted by atomic mass is 32.2. The van der Waals surface area contributed by atoms with Gasteiger partial charge >= 0.3 is 5.97 Å². The molecule has 1 aliphatic carbocycles. The van der Waals surface area contributed by atoms with Gasteiger partial charge in [0, 0.05) is 12.6 Å². The fourth-order valence-corrected chi connectivity index (χ4v) is 4.84. The average Bonchev–Trinajstić information content (AvgIpc) is 3.50. The smallest absolute Gasteiger partial charge is 0.338 e. The number of nitrogens with one attached hydrogen (secondary N) is 2. The van der Waals surface area contributed by atoms with Crippen molar-refractivity contribution in [3.63, 3.8) is 0 Å². The Balaban J connectivity index is 1.64. The molecule has 1 aliphatic rings. The first-order chi connectivity index (χ1) is 13.7. The van der Waals surface area contributed by atoms with Gasteiger partial charge in [0.2, 0.25) is 20.0 Å². The van der Waals surface area contributed by atoms with E-state index >= 15 is 0 Å². The molecule has 0 aliphatic heterocycles. The lowest BCUT2D eigenvalue weighted by atomic mass is 10.1. The topological polar surface area (TPSA) is 119 Å². The van der Waals surface area contributed by atoms with Gasteiger partial charge in [-0.2, -0.15) is 0 Å². The van der Waals surface area contributed by atoms with Crippen molar-refractivity contribution < 1.29 is 26.4 Å². The fraction of sp³-hybridized carbons (Fsp3) is 0.316. The molecule has 0 amide bonds. The molecule has 1 saturated carbocycles. The highest BCUT2D eigenvalue weighted by molar-refractivity contribution is 7.90. The standard InChI is InChI=1S/C19H22N2O6S2/c1-2-27-19(22)15-5-3-14(4-6-15)13-20-28(23,24)17-9-11-18(12-10-17)29(25,26)21-16-7-8-16/h3-6,9-12,16,20-21H,2,7-8,13H2,1H3. The largest absolute Gasteiger partial charge is 0.462 e. The first kappa shape index (κ1) is 21.4. The monoisotopic (exact) mass is 438 g/mol. The molecule has 0 saturated heterocycles. The third kappa shape index (κ3) is 5.63. The highest BCUT2D eigenvalue weighted by Crippen LogP contribution is 2.22. The van der Waals surface area contributed by atoms with Gasteiger partial charge in [0.1, 0.15) is 0 Å². The Morgan fingerprint density at radius 3 is 2.00 bits per heavy atom. The zero-order valence-corrected chi connectivity index (χ0v) is 17.4. The van der Waals surface area contributed by atoms with Crippen molar-refractivity contribution in [3.8, 4) is 0 Å². The SMILES string of the molecule is CCOC(=O)c1ccc(CNS(=O)(=O)c2ccc(S(=O)(=O)NC3CC3)cc2)cc1. The van der Waals surface area contributed by atoms with Crippen molar-refractivity contribution in [1.82, 2.24) is 9.44 Å². The van der Waals surface area contributed by atoms with E-state index in [0.717, 1.165) is 12.8 Å². The molecule has 0 aromatic heterocycles. The lowest BCUT2D eigenvalue weighted by Crippen LogP contribution is -2.26. The number of hydrogen-bond acceptors (Lipinski definition) is 6. The normalized spacial score (nSPS) is 14.5. The molecule has 0 spiro atoms. The summed E-state index contributed by atoms with van der Waals surface area (Å²) in [7, 11) is -7.46. The second kappa shape index (κ2) is 8.62. The number of carbonyl (C=O) groups is 1. The molecule has 0 unspecified atom stereocenters. The van der Waals surface area contributed by atoms with E-state index in [1.165, 1.54) is 24.3 Å². The van der Waals surface area contributed by atoms with Crippen molar-refractivity contribution in [2.75, 3.05) is 6.61 Å². The van der Waals surface area contributed by atoms with Gasteiger partial charge < -0.3 is 4.74 Å². The summed E-state index contributed by atoms with van der Waals surface area (Å²) >= 11 is 0. The Hall–Kier alpha value is -2.27. The van der Waals surface area contributed by atoms with Crippen molar-refractivity contribution >= 4 is 26.0 Å². The summed E-state index contributed by atoms with van der Waals surface area (Å²) in [6.45, 7) is 2.01. The lowest BCUT2D eigenvalue weighted by molar-refractivity contribution is 0.0526. The third-order valence-electron chi connectivity index (χ3n) is 4.27. The maximum atomic E-state index is 12.5. The Labute approximate surface area is 170 Å². The molecule has 0 bridgehead atoms. The van der Waals surface area contributed by atoms with Gasteiger partial charge in [-0.1, -0.05) is 12.1 Å². The van der Waals surface area contributed by atoms with Gasteiger partial charge in [-0.15, -0.1) is 0 Å². The van der Waals surface area contributed by atoms with Crippen LogP contribution in [0.15, 0.2) is 58.3 Å². The Bertz CT molecular complexity index is 1070. The molecule has 0 radical (unpaired) electrons. The number of carbonyl (C=O) groups excluding carboxylic acids is 1. The molecule has 0 atom stereocenters. The van der Waals surface area contributed by atoms with Crippen LogP contribution in [0.4, 0.5) is 0 Å². The van der Waals surface area contributed by atoms with Crippen LogP contribution in [0.3, 0.4) is 0 Å². The van der Waals surface area contributed by atoms with E-state index in [0.29, 0.717) is 11.1 Å². The van der Waals surface area contributed by atoms with E-state index in [-0.39, 0.29) is 29.0 Å². The van der Waals surface area contributed by atoms with Crippen molar-refractivity contribution in [1.29, 1.82) is 0 Å². The summed E-state index contributed by atoms with van der Waals surface area (Å²) in [4.78, 5) is 11.6. The van der Waals surface area contributed by atoms with Crippen molar-refractivity contribution in [2.24, 2.45) is 0 Å². The first-order valence-electron chi connectivity index (χ1n) is 9.09. The lowest BCUT2D eigenvalue weighted by Gasteiger charge is -2.09. The van der Waals surface area contributed by atoms with Gasteiger partial charge in [0.05, 0.1) is 22.0 Å². The molecule has 10 heteroatoms. The van der Waals surface area contributed by atoms with Crippen LogP contribution in [-0.2, 0) is 31.3 Å². The molecule has 3 rings (SSSR count). The molecule has 2 aromatic carbocycles. The molecule has 8 nitrogen and oxygen atoms in total. The summed E-state index contributed by atoms with van der Waals surface area (Å²) in [5.41, 5.74) is 1.05. The molecular formula is C19H22N2O6S2. The number of ether oxygens (including phenoxy) is 1. The van der Waals surface area contributed by atoms with Gasteiger partial charge in [-0.05, 0) is 61.7 Å². The van der Waals surface area contributed by atoms with E-state index in [9.17, 15) is 21.6 Å². The summed E-state index contributed by atoms with van der Waals surface area (Å²) < 4.78 is 59.2. The van der Waals surface area contributed by atoms with Crippen molar-refractivity contribution in [2.45, 2.75) is 42.1 Å². The minimum Gasteiger partial charge on any atom is -0.462 e. The Morgan fingerprint density at radius 2 is 1.48 bits per heavy atom. The van der Waals surface area contributed by atoms with Crippen LogP contribution in [0.5, 0.6) is 0 Å². The summed E-state index contributed by atoms with van der Waals surface area (Å²) in [5, 5.41) is 0. The predicted molar refractivity (Wildman–Crippen MR) is 106 cm³/mol.